The molecule has 0 unspecified atom stereocenters. The van der Waals surface area contributed by atoms with E-state index in [1.807, 2.05) is 24.3 Å². The first-order valence-corrected chi connectivity index (χ1v) is 10.4. The van der Waals surface area contributed by atoms with E-state index in [4.69, 9.17) is 14.6 Å². The predicted molar refractivity (Wildman–Crippen MR) is 121 cm³/mol. The second kappa shape index (κ2) is 11.2. The zero-order valence-corrected chi connectivity index (χ0v) is 18.1. The molecule has 0 spiro atoms. The number of aliphatic hydroxyl groups excluding tert-OH is 1. The first-order valence-electron chi connectivity index (χ1n) is 9.55. The van der Waals surface area contributed by atoms with Crippen molar-refractivity contribution in [1.82, 2.24) is 14.7 Å². The predicted octanol–water partition coefficient (Wildman–Crippen LogP) is 3.76. The molecule has 0 aliphatic carbocycles. The van der Waals surface area contributed by atoms with Crippen LogP contribution in [0.15, 0.2) is 53.6 Å². The second-order valence-electron chi connectivity index (χ2n) is 6.36. The third kappa shape index (κ3) is 5.86. The third-order valence-electron chi connectivity index (χ3n) is 4.31. The Morgan fingerprint density at radius 3 is 2.68 bits per heavy atom. The Balaban J connectivity index is 1.77. The van der Waals surface area contributed by atoms with Crippen molar-refractivity contribution in [2.24, 2.45) is 0 Å². The summed E-state index contributed by atoms with van der Waals surface area (Å²) >= 11 is 1.45. The summed E-state index contributed by atoms with van der Waals surface area (Å²) < 4.78 is 13.9. The van der Waals surface area contributed by atoms with Crippen molar-refractivity contribution in [2.75, 3.05) is 32.7 Å². The van der Waals surface area contributed by atoms with Crippen LogP contribution in [0.1, 0.15) is 12.0 Å². The van der Waals surface area contributed by atoms with Crippen LogP contribution in [0.2, 0.25) is 0 Å². The van der Waals surface area contributed by atoms with Crippen LogP contribution in [0.3, 0.4) is 0 Å². The summed E-state index contributed by atoms with van der Waals surface area (Å²) in [4.78, 5) is 9.79. The molecule has 1 aromatic heterocycles. The van der Waals surface area contributed by atoms with Gasteiger partial charge >= 0.3 is 0 Å². The molecular weight excluding hydrogens is 414 g/mol. The molecule has 0 atom stereocenters. The Kier molecular flexibility index (Phi) is 8.06. The lowest BCUT2D eigenvalue weighted by Gasteiger charge is -2.12. The van der Waals surface area contributed by atoms with Crippen LogP contribution in [0.4, 0.5) is 11.6 Å². The number of hydrogen-bond donors (Lipinski definition) is 3. The SMILES string of the molecule is COc1ccc(-c2ccnc(Nc3ccc(SNCCCO)c(OC)c3)n2)cc1C#N. The fraction of sp³-hybridized carbons (Fsp3) is 0.227. The van der Waals surface area contributed by atoms with Gasteiger partial charge in [0, 0.05) is 36.7 Å². The lowest BCUT2D eigenvalue weighted by Crippen LogP contribution is -2.07. The Morgan fingerprint density at radius 1 is 1.10 bits per heavy atom. The van der Waals surface area contributed by atoms with Gasteiger partial charge in [0.05, 0.1) is 30.4 Å². The highest BCUT2D eigenvalue weighted by Crippen LogP contribution is 2.31. The van der Waals surface area contributed by atoms with Gasteiger partial charge in [-0.1, -0.05) is 0 Å². The van der Waals surface area contributed by atoms with Crippen molar-refractivity contribution in [3.8, 4) is 28.8 Å². The molecule has 0 radical (unpaired) electrons. The fourth-order valence-corrected chi connectivity index (χ4v) is 3.55. The molecule has 3 N–H and O–H groups in total. The molecule has 160 valence electrons. The van der Waals surface area contributed by atoms with Crippen LogP contribution in [-0.2, 0) is 0 Å². The number of nitriles is 1. The largest absolute Gasteiger partial charge is 0.495 e. The standard InChI is InChI=1S/C22H23N5O3S/c1-29-19-6-4-15(12-16(19)14-23)18-8-10-24-22(27-18)26-17-5-7-21(20(13-17)30-2)31-25-9-3-11-28/h4-8,10,12-13,25,28H,3,9,11H2,1-2H3,(H,24,26,27). The molecule has 0 aliphatic heterocycles. The Bertz CT molecular complexity index is 1070. The summed E-state index contributed by atoms with van der Waals surface area (Å²) in [6, 6.07) is 15.0. The minimum absolute atomic E-state index is 0.154. The van der Waals surface area contributed by atoms with Crippen molar-refractivity contribution in [3.63, 3.8) is 0 Å². The summed E-state index contributed by atoms with van der Waals surface area (Å²) in [5.41, 5.74) is 2.70. The summed E-state index contributed by atoms with van der Waals surface area (Å²) in [6.45, 7) is 0.852. The number of nitrogens with zero attached hydrogens (tertiary/aromatic N) is 3. The molecule has 31 heavy (non-hydrogen) atoms. The number of anilines is 2. The monoisotopic (exact) mass is 437 g/mol. The summed E-state index contributed by atoms with van der Waals surface area (Å²) in [7, 11) is 3.15. The molecule has 3 aromatic rings. The van der Waals surface area contributed by atoms with Gasteiger partial charge in [-0.05, 0) is 54.8 Å². The number of rotatable bonds is 10. The molecule has 1 heterocycles. The number of hydrogen-bond acceptors (Lipinski definition) is 9. The Labute approximate surface area is 185 Å². The maximum Gasteiger partial charge on any atom is 0.227 e. The first-order chi connectivity index (χ1) is 15.2. The zero-order chi connectivity index (χ0) is 22.1. The number of aromatic nitrogens is 2. The van der Waals surface area contributed by atoms with E-state index in [1.54, 1.807) is 31.5 Å². The molecule has 0 saturated heterocycles. The zero-order valence-electron chi connectivity index (χ0n) is 17.3. The lowest BCUT2D eigenvalue weighted by atomic mass is 10.1. The van der Waals surface area contributed by atoms with E-state index < -0.39 is 0 Å². The van der Waals surface area contributed by atoms with E-state index in [0.717, 1.165) is 16.1 Å². The highest BCUT2D eigenvalue weighted by molar-refractivity contribution is 7.97. The van der Waals surface area contributed by atoms with Crippen molar-refractivity contribution >= 4 is 23.6 Å². The average Bonchev–Trinajstić information content (AvgIpc) is 2.82. The average molecular weight is 438 g/mol. The molecule has 9 heteroatoms. The molecule has 8 nitrogen and oxygen atoms in total. The fourth-order valence-electron chi connectivity index (χ4n) is 2.77. The molecule has 2 aromatic carbocycles. The van der Waals surface area contributed by atoms with Crippen LogP contribution in [0.5, 0.6) is 11.5 Å². The summed E-state index contributed by atoms with van der Waals surface area (Å²) in [5, 5.41) is 21.4. The van der Waals surface area contributed by atoms with Gasteiger partial charge in [0.25, 0.3) is 0 Å². The van der Waals surface area contributed by atoms with Gasteiger partial charge in [-0.3, -0.25) is 4.72 Å². The van der Waals surface area contributed by atoms with E-state index in [-0.39, 0.29) is 6.61 Å². The van der Waals surface area contributed by atoms with Gasteiger partial charge in [0.15, 0.2) is 0 Å². The third-order valence-corrected chi connectivity index (χ3v) is 5.22. The first kappa shape index (κ1) is 22.4. The summed E-state index contributed by atoms with van der Waals surface area (Å²) in [6.07, 6.45) is 2.35. The lowest BCUT2D eigenvalue weighted by molar-refractivity contribution is 0.290. The highest BCUT2D eigenvalue weighted by atomic mass is 32.2. The maximum atomic E-state index is 9.32. The molecule has 3 rings (SSSR count). The van der Waals surface area contributed by atoms with Gasteiger partial charge in [-0.15, -0.1) is 0 Å². The summed E-state index contributed by atoms with van der Waals surface area (Å²) in [5.74, 6) is 1.65. The molecule has 0 saturated carbocycles. The number of ether oxygens (including phenoxy) is 2. The van der Waals surface area contributed by atoms with E-state index in [1.165, 1.54) is 19.1 Å². The van der Waals surface area contributed by atoms with Gasteiger partial charge in [0.1, 0.15) is 17.6 Å². The molecule has 0 aliphatic rings. The number of nitrogens with one attached hydrogen (secondary N) is 2. The molecule has 0 fully saturated rings. The van der Waals surface area contributed by atoms with Gasteiger partial charge in [-0.25, -0.2) is 9.97 Å². The smallest absolute Gasteiger partial charge is 0.227 e. The molecule has 0 amide bonds. The topological polar surface area (TPSA) is 112 Å². The Hall–Kier alpha value is -3.32. The van der Waals surface area contributed by atoms with Gasteiger partial charge in [0.2, 0.25) is 5.95 Å². The van der Waals surface area contributed by atoms with Crippen LogP contribution >= 0.6 is 11.9 Å². The van der Waals surface area contributed by atoms with E-state index in [9.17, 15) is 5.26 Å². The number of benzene rings is 2. The van der Waals surface area contributed by atoms with E-state index in [2.05, 4.69) is 26.1 Å². The van der Waals surface area contributed by atoms with Gasteiger partial charge in [-0.2, -0.15) is 5.26 Å². The number of methoxy groups -OCH3 is 2. The van der Waals surface area contributed by atoms with Crippen LogP contribution < -0.4 is 19.5 Å². The van der Waals surface area contributed by atoms with Gasteiger partial charge < -0.3 is 19.9 Å². The quantitative estimate of drug-likeness (QED) is 0.322. The van der Waals surface area contributed by atoms with Crippen LogP contribution in [0, 0.1) is 11.3 Å². The minimum atomic E-state index is 0.154. The highest BCUT2D eigenvalue weighted by Gasteiger charge is 2.09. The molecular formula is C22H23N5O3S. The van der Waals surface area contributed by atoms with Crippen molar-refractivity contribution in [1.29, 1.82) is 5.26 Å². The minimum Gasteiger partial charge on any atom is -0.495 e. The Morgan fingerprint density at radius 2 is 1.94 bits per heavy atom. The second-order valence-corrected chi connectivity index (χ2v) is 7.29. The van der Waals surface area contributed by atoms with Crippen molar-refractivity contribution < 1.29 is 14.6 Å². The molecule has 0 bridgehead atoms. The normalized spacial score (nSPS) is 10.4. The van der Waals surface area contributed by atoms with Crippen LogP contribution in [0.25, 0.3) is 11.3 Å². The van der Waals surface area contributed by atoms with E-state index >= 15 is 0 Å². The van der Waals surface area contributed by atoms with E-state index in [0.29, 0.717) is 41.7 Å². The van der Waals surface area contributed by atoms with Crippen molar-refractivity contribution in [2.45, 2.75) is 11.3 Å². The number of aliphatic hydroxyl groups is 1. The van der Waals surface area contributed by atoms with Crippen molar-refractivity contribution in [3.05, 3.63) is 54.2 Å². The van der Waals surface area contributed by atoms with Crippen LogP contribution in [-0.4, -0.2) is 42.4 Å². The maximum absolute atomic E-state index is 9.32.